The standard InChI is InChI=1S/C15H14F3N5O3S2/c1-8(16)9-3-10(5-19-4-9)23(28(2,24)25)7-12-20-6-11(27-12)14-21-22-15(26-14)13(17)18/h3-6,8,13H,7H2,1-2H3/t8-/m1/s1. The van der Waals surface area contributed by atoms with Crippen molar-refractivity contribution < 1.29 is 26.0 Å². The number of anilines is 1. The third-order valence-corrected chi connectivity index (χ3v) is 5.67. The molecule has 0 saturated carbocycles. The molecular formula is C15H14F3N5O3S2. The second-order valence-corrected chi connectivity index (χ2v) is 8.75. The van der Waals surface area contributed by atoms with E-state index in [1.54, 1.807) is 0 Å². The lowest BCUT2D eigenvalue weighted by Crippen LogP contribution is -2.29. The predicted octanol–water partition coefficient (Wildman–Crippen LogP) is 3.52. The smallest absolute Gasteiger partial charge is 0.314 e. The molecule has 13 heteroatoms. The number of halogens is 3. The van der Waals surface area contributed by atoms with Crippen molar-refractivity contribution in [2.24, 2.45) is 0 Å². The molecule has 150 valence electrons. The zero-order valence-electron chi connectivity index (χ0n) is 14.6. The van der Waals surface area contributed by atoms with Gasteiger partial charge in [-0.3, -0.25) is 9.29 Å². The van der Waals surface area contributed by atoms with Crippen LogP contribution < -0.4 is 4.31 Å². The summed E-state index contributed by atoms with van der Waals surface area (Å²) in [5, 5.41) is 7.11. The normalized spacial score (nSPS) is 13.1. The van der Waals surface area contributed by atoms with Gasteiger partial charge in [0, 0.05) is 11.8 Å². The van der Waals surface area contributed by atoms with E-state index in [1.165, 1.54) is 31.6 Å². The third kappa shape index (κ3) is 4.47. The minimum absolute atomic E-state index is 0.139. The lowest BCUT2D eigenvalue weighted by Gasteiger charge is -2.21. The molecule has 0 aromatic carbocycles. The number of alkyl halides is 3. The highest BCUT2D eigenvalue weighted by Crippen LogP contribution is 2.30. The molecule has 0 saturated heterocycles. The number of nitrogens with zero attached hydrogens (tertiary/aromatic N) is 5. The molecule has 0 amide bonds. The second-order valence-electron chi connectivity index (χ2n) is 5.73. The van der Waals surface area contributed by atoms with E-state index in [2.05, 4.69) is 20.2 Å². The van der Waals surface area contributed by atoms with E-state index in [4.69, 9.17) is 4.42 Å². The van der Waals surface area contributed by atoms with E-state index in [0.29, 0.717) is 9.88 Å². The number of aromatic nitrogens is 4. The van der Waals surface area contributed by atoms with E-state index < -0.39 is 28.5 Å². The van der Waals surface area contributed by atoms with Crippen LogP contribution in [0.3, 0.4) is 0 Å². The van der Waals surface area contributed by atoms with E-state index in [1.807, 2.05) is 0 Å². The molecule has 0 spiro atoms. The van der Waals surface area contributed by atoms with Crippen LogP contribution in [0.1, 0.15) is 36.0 Å². The van der Waals surface area contributed by atoms with Gasteiger partial charge in [-0.05, 0) is 13.0 Å². The number of rotatable bonds is 7. The van der Waals surface area contributed by atoms with Gasteiger partial charge in [0.1, 0.15) is 16.1 Å². The van der Waals surface area contributed by atoms with Gasteiger partial charge < -0.3 is 4.42 Å². The molecule has 3 aromatic heterocycles. The zero-order chi connectivity index (χ0) is 20.5. The Hall–Kier alpha value is -2.54. The average Bonchev–Trinajstić information content (AvgIpc) is 3.28. The third-order valence-electron chi connectivity index (χ3n) is 3.56. The van der Waals surface area contributed by atoms with E-state index in [0.717, 1.165) is 21.9 Å². The largest absolute Gasteiger partial charge is 0.414 e. The van der Waals surface area contributed by atoms with Crippen LogP contribution in [0.2, 0.25) is 0 Å². The molecule has 1 atom stereocenters. The molecule has 3 rings (SSSR count). The fourth-order valence-corrected chi connectivity index (χ4v) is 3.98. The quantitative estimate of drug-likeness (QED) is 0.562. The summed E-state index contributed by atoms with van der Waals surface area (Å²) in [5.41, 5.74) is 0.412. The lowest BCUT2D eigenvalue weighted by atomic mass is 10.2. The maximum absolute atomic E-state index is 13.6. The summed E-state index contributed by atoms with van der Waals surface area (Å²) in [5.74, 6) is -0.953. The van der Waals surface area contributed by atoms with Crippen LogP contribution in [0, 0.1) is 0 Å². The molecule has 3 aromatic rings. The van der Waals surface area contributed by atoms with Gasteiger partial charge >= 0.3 is 6.43 Å². The first kappa shape index (κ1) is 20.2. The summed E-state index contributed by atoms with van der Waals surface area (Å²) in [7, 11) is -3.73. The molecule has 0 N–H and O–H groups in total. The van der Waals surface area contributed by atoms with Crippen molar-refractivity contribution in [3.63, 3.8) is 0 Å². The number of pyridine rings is 1. The Balaban J connectivity index is 1.88. The highest BCUT2D eigenvalue weighted by atomic mass is 32.2. The summed E-state index contributed by atoms with van der Waals surface area (Å²) in [4.78, 5) is 8.28. The first-order chi connectivity index (χ1) is 13.1. The topological polar surface area (TPSA) is 102 Å². The van der Waals surface area contributed by atoms with Gasteiger partial charge in [0.15, 0.2) is 0 Å². The zero-order valence-corrected chi connectivity index (χ0v) is 16.2. The van der Waals surface area contributed by atoms with Gasteiger partial charge in [-0.25, -0.2) is 17.8 Å². The van der Waals surface area contributed by atoms with Crippen molar-refractivity contribution in [2.75, 3.05) is 10.6 Å². The first-order valence-corrected chi connectivity index (χ1v) is 10.4. The van der Waals surface area contributed by atoms with Crippen LogP contribution >= 0.6 is 11.3 Å². The van der Waals surface area contributed by atoms with Crippen molar-refractivity contribution in [2.45, 2.75) is 26.1 Å². The minimum atomic E-state index is -3.73. The van der Waals surface area contributed by atoms with Gasteiger partial charge in [0.2, 0.25) is 10.0 Å². The Morgan fingerprint density at radius 2 is 1.96 bits per heavy atom. The lowest BCUT2D eigenvalue weighted by molar-refractivity contribution is 0.116. The molecule has 0 aliphatic carbocycles. The van der Waals surface area contributed by atoms with Crippen LogP contribution in [0.4, 0.5) is 18.9 Å². The molecule has 28 heavy (non-hydrogen) atoms. The van der Waals surface area contributed by atoms with E-state index in [-0.39, 0.29) is 23.7 Å². The van der Waals surface area contributed by atoms with Crippen molar-refractivity contribution in [1.82, 2.24) is 20.2 Å². The van der Waals surface area contributed by atoms with Gasteiger partial charge in [0.05, 0.1) is 30.9 Å². The van der Waals surface area contributed by atoms with Crippen LogP contribution in [-0.2, 0) is 16.6 Å². The number of hydrogen-bond donors (Lipinski definition) is 0. The second kappa shape index (κ2) is 7.83. The Morgan fingerprint density at radius 1 is 1.21 bits per heavy atom. The van der Waals surface area contributed by atoms with Crippen molar-refractivity contribution in [1.29, 1.82) is 0 Å². The predicted molar refractivity (Wildman–Crippen MR) is 95.1 cm³/mol. The van der Waals surface area contributed by atoms with Crippen molar-refractivity contribution >= 4 is 27.0 Å². The fourth-order valence-electron chi connectivity index (χ4n) is 2.23. The molecule has 0 unspecified atom stereocenters. The maximum Gasteiger partial charge on any atom is 0.314 e. The SMILES string of the molecule is C[C@@H](F)c1cncc(N(Cc2ncc(-c3nnc(C(F)F)o3)s2)S(C)(=O)=O)c1. The molecule has 0 aliphatic heterocycles. The van der Waals surface area contributed by atoms with Crippen molar-refractivity contribution in [3.8, 4) is 10.8 Å². The summed E-state index contributed by atoms with van der Waals surface area (Å²) < 4.78 is 69.0. The van der Waals surface area contributed by atoms with Gasteiger partial charge in [-0.1, -0.05) is 0 Å². The maximum atomic E-state index is 13.6. The molecule has 8 nitrogen and oxygen atoms in total. The Kier molecular flexibility index (Phi) is 5.65. The molecule has 0 bridgehead atoms. The minimum Gasteiger partial charge on any atom is -0.414 e. The van der Waals surface area contributed by atoms with Crippen LogP contribution in [0.15, 0.2) is 29.1 Å². The highest BCUT2D eigenvalue weighted by Gasteiger charge is 2.23. The monoisotopic (exact) mass is 433 g/mol. The molecule has 0 radical (unpaired) electrons. The van der Waals surface area contributed by atoms with E-state index in [9.17, 15) is 21.6 Å². The number of sulfonamides is 1. The Labute approximate surface area is 162 Å². The van der Waals surface area contributed by atoms with Crippen LogP contribution in [0.25, 0.3) is 10.8 Å². The molecule has 0 aliphatic rings. The summed E-state index contributed by atoms with van der Waals surface area (Å²) >= 11 is 1.01. The average molecular weight is 433 g/mol. The van der Waals surface area contributed by atoms with Crippen LogP contribution in [-0.4, -0.2) is 34.8 Å². The van der Waals surface area contributed by atoms with Crippen LogP contribution in [0.5, 0.6) is 0 Å². The van der Waals surface area contributed by atoms with Gasteiger partial charge in [0.25, 0.3) is 11.8 Å². The first-order valence-electron chi connectivity index (χ1n) is 7.78. The molecule has 0 fully saturated rings. The molecular weight excluding hydrogens is 419 g/mol. The Morgan fingerprint density at radius 3 is 2.57 bits per heavy atom. The summed E-state index contributed by atoms with van der Waals surface area (Å²) in [6.07, 6.45) is 0.719. The van der Waals surface area contributed by atoms with Crippen molar-refractivity contribution in [3.05, 3.63) is 41.1 Å². The fraction of sp³-hybridized carbons (Fsp3) is 0.333. The Bertz CT molecular complexity index is 1070. The van der Waals surface area contributed by atoms with Gasteiger partial charge in [-0.15, -0.1) is 21.5 Å². The highest BCUT2D eigenvalue weighted by molar-refractivity contribution is 7.92. The van der Waals surface area contributed by atoms with Gasteiger partial charge in [-0.2, -0.15) is 8.78 Å². The summed E-state index contributed by atoms with van der Waals surface area (Å²) in [6.45, 7) is 1.15. The summed E-state index contributed by atoms with van der Waals surface area (Å²) in [6, 6.07) is 1.39. The number of hydrogen-bond acceptors (Lipinski definition) is 8. The number of thiazole rings is 1. The molecule has 3 heterocycles. The van der Waals surface area contributed by atoms with E-state index >= 15 is 0 Å².